The highest BCUT2D eigenvalue weighted by Gasteiger charge is 2.33. The van der Waals surface area contributed by atoms with Crippen LogP contribution in [0.4, 0.5) is 0 Å². The van der Waals surface area contributed by atoms with E-state index in [1.54, 1.807) is 13.3 Å². The zero-order chi connectivity index (χ0) is 15.9. The van der Waals surface area contributed by atoms with Crippen molar-refractivity contribution in [3.8, 4) is 5.75 Å². The van der Waals surface area contributed by atoms with E-state index >= 15 is 0 Å². The van der Waals surface area contributed by atoms with Crippen molar-refractivity contribution < 1.29 is 9.47 Å². The van der Waals surface area contributed by atoms with Crippen molar-refractivity contribution in [1.29, 1.82) is 0 Å². The molecule has 1 N–H and O–H groups in total. The normalized spacial score (nSPS) is 15.8. The molecule has 0 fully saturated rings. The molecule has 0 aliphatic carbocycles. The van der Waals surface area contributed by atoms with Crippen LogP contribution in [-0.4, -0.2) is 30.3 Å². The predicted molar refractivity (Wildman–Crippen MR) is 86.7 cm³/mol. The minimum Gasteiger partial charge on any atom is -0.489 e. The first-order valence-corrected chi connectivity index (χ1v) is 7.87. The van der Waals surface area contributed by atoms with Crippen LogP contribution in [0.2, 0.25) is 0 Å². The molecule has 21 heavy (non-hydrogen) atoms. The summed E-state index contributed by atoms with van der Waals surface area (Å²) in [5, 5.41) is 3.59. The number of hydrogen-bond donors (Lipinski definition) is 1. The van der Waals surface area contributed by atoms with Gasteiger partial charge in [0.25, 0.3) is 0 Å². The van der Waals surface area contributed by atoms with Crippen LogP contribution in [-0.2, 0) is 4.74 Å². The smallest absolute Gasteiger partial charge is 0.138 e. The predicted octanol–water partition coefficient (Wildman–Crippen LogP) is 3.72. The Morgan fingerprint density at radius 2 is 2.00 bits per heavy atom. The van der Waals surface area contributed by atoms with E-state index in [2.05, 4.69) is 37.1 Å². The average molecular weight is 294 g/mol. The van der Waals surface area contributed by atoms with Crippen LogP contribution in [0.3, 0.4) is 0 Å². The van der Waals surface area contributed by atoms with Gasteiger partial charge in [-0.3, -0.25) is 4.98 Å². The summed E-state index contributed by atoms with van der Waals surface area (Å²) in [6.07, 6.45) is 5.80. The summed E-state index contributed by atoms with van der Waals surface area (Å²) in [7, 11) is 1.77. The van der Waals surface area contributed by atoms with E-state index < -0.39 is 0 Å². The van der Waals surface area contributed by atoms with E-state index in [1.807, 2.05) is 20.0 Å². The molecule has 4 heteroatoms. The van der Waals surface area contributed by atoms with Gasteiger partial charge < -0.3 is 14.8 Å². The lowest BCUT2D eigenvalue weighted by Crippen LogP contribution is -2.43. The summed E-state index contributed by atoms with van der Waals surface area (Å²) in [4.78, 5) is 4.33. The van der Waals surface area contributed by atoms with Gasteiger partial charge in [-0.15, -0.1) is 0 Å². The second-order valence-corrected chi connectivity index (χ2v) is 5.88. The zero-order valence-corrected chi connectivity index (χ0v) is 14.3. The quantitative estimate of drug-likeness (QED) is 0.753. The molecular formula is C17H30N2O2. The molecule has 0 bridgehead atoms. The van der Waals surface area contributed by atoms with Crippen LogP contribution in [0.5, 0.6) is 5.75 Å². The molecule has 0 amide bonds. The third-order valence-electron chi connectivity index (χ3n) is 3.82. The monoisotopic (exact) mass is 294 g/mol. The third kappa shape index (κ3) is 4.97. The molecule has 0 saturated heterocycles. The zero-order valence-electron chi connectivity index (χ0n) is 14.3. The summed E-state index contributed by atoms with van der Waals surface area (Å²) in [6.45, 7) is 11.4. The van der Waals surface area contributed by atoms with Gasteiger partial charge in [-0.25, -0.2) is 0 Å². The van der Waals surface area contributed by atoms with Crippen molar-refractivity contribution >= 4 is 0 Å². The van der Waals surface area contributed by atoms with Gasteiger partial charge in [0, 0.05) is 13.3 Å². The van der Waals surface area contributed by atoms with E-state index in [0.29, 0.717) is 0 Å². The van der Waals surface area contributed by atoms with E-state index in [4.69, 9.17) is 9.47 Å². The minimum atomic E-state index is -0.271. The molecule has 1 heterocycles. The maximum Gasteiger partial charge on any atom is 0.138 e. The van der Waals surface area contributed by atoms with Crippen LogP contribution < -0.4 is 10.1 Å². The Morgan fingerprint density at radius 3 is 2.52 bits per heavy atom. The van der Waals surface area contributed by atoms with Crippen molar-refractivity contribution in [2.75, 3.05) is 13.7 Å². The highest BCUT2D eigenvalue weighted by molar-refractivity contribution is 5.28. The molecule has 0 aliphatic rings. The summed E-state index contributed by atoms with van der Waals surface area (Å²) < 4.78 is 11.5. The van der Waals surface area contributed by atoms with E-state index in [9.17, 15) is 0 Å². The average Bonchev–Trinajstić information content (AvgIpc) is 2.47. The molecule has 0 radical (unpaired) electrons. The third-order valence-corrected chi connectivity index (χ3v) is 3.82. The van der Waals surface area contributed by atoms with Crippen molar-refractivity contribution in [2.24, 2.45) is 0 Å². The lowest BCUT2D eigenvalue weighted by molar-refractivity contribution is -0.0300. The topological polar surface area (TPSA) is 43.4 Å². The first-order valence-electron chi connectivity index (χ1n) is 7.87. The molecule has 120 valence electrons. The van der Waals surface area contributed by atoms with E-state index in [-0.39, 0.29) is 17.7 Å². The van der Waals surface area contributed by atoms with Crippen molar-refractivity contribution in [3.05, 3.63) is 24.0 Å². The molecule has 1 aromatic heterocycles. The summed E-state index contributed by atoms with van der Waals surface area (Å²) in [5.41, 5.74) is 0.834. The van der Waals surface area contributed by atoms with Crippen molar-refractivity contribution in [3.63, 3.8) is 0 Å². The first kappa shape index (κ1) is 17.9. The molecule has 2 atom stereocenters. The molecule has 4 nitrogen and oxygen atoms in total. The highest BCUT2D eigenvalue weighted by atomic mass is 16.5. The fraction of sp³-hybridized carbons (Fsp3) is 0.706. The van der Waals surface area contributed by atoms with Gasteiger partial charge in [0.15, 0.2) is 0 Å². The lowest BCUT2D eigenvalue weighted by atomic mass is 9.88. The number of aromatic nitrogens is 1. The molecule has 1 aromatic rings. The second-order valence-electron chi connectivity index (χ2n) is 5.88. The molecule has 0 spiro atoms. The Morgan fingerprint density at radius 1 is 1.29 bits per heavy atom. The molecule has 0 aliphatic heterocycles. The van der Waals surface area contributed by atoms with Crippen LogP contribution in [0.15, 0.2) is 18.5 Å². The van der Waals surface area contributed by atoms with Gasteiger partial charge in [-0.05, 0) is 51.8 Å². The van der Waals surface area contributed by atoms with Gasteiger partial charge in [0.2, 0.25) is 0 Å². The van der Waals surface area contributed by atoms with Gasteiger partial charge >= 0.3 is 0 Å². The molecular weight excluding hydrogens is 264 g/mol. The maximum atomic E-state index is 5.79. The first-order chi connectivity index (χ1) is 9.96. The summed E-state index contributed by atoms with van der Waals surface area (Å²) in [5.74, 6) is 0.806. The van der Waals surface area contributed by atoms with Gasteiger partial charge in [0.1, 0.15) is 5.75 Å². The van der Waals surface area contributed by atoms with Crippen molar-refractivity contribution in [2.45, 2.75) is 65.2 Å². The number of pyridine rings is 1. The number of nitrogens with one attached hydrogen (secondary N) is 1. The number of rotatable bonds is 9. The standard InChI is InChI=1S/C17H30N2O2/c1-7-9-19-16(17(5,8-2)20-6)14-10-15(12-18-11-14)21-13(3)4/h10-13,16,19H,7-9H2,1-6H3. The second kappa shape index (κ2) is 8.35. The van der Waals surface area contributed by atoms with Gasteiger partial charge in [0.05, 0.1) is 23.9 Å². The minimum absolute atomic E-state index is 0.0932. The number of nitrogens with zero attached hydrogens (tertiary/aromatic N) is 1. The van der Waals surface area contributed by atoms with E-state index in [0.717, 1.165) is 30.7 Å². The van der Waals surface area contributed by atoms with Crippen LogP contribution in [0.25, 0.3) is 0 Å². The Labute approximate surface area is 129 Å². The maximum absolute atomic E-state index is 5.79. The SMILES string of the molecule is CCCNC(c1cncc(OC(C)C)c1)C(C)(CC)OC. The fourth-order valence-electron chi connectivity index (χ4n) is 2.37. The Hall–Kier alpha value is -1.13. The number of ether oxygens (including phenoxy) is 2. The number of methoxy groups -OCH3 is 1. The Bertz CT molecular complexity index is 417. The Balaban J connectivity index is 3.07. The summed E-state index contributed by atoms with van der Waals surface area (Å²) >= 11 is 0. The molecule has 1 rings (SSSR count). The van der Waals surface area contributed by atoms with Gasteiger partial charge in [-0.2, -0.15) is 0 Å². The highest BCUT2D eigenvalue weighted by Crippen LogP contribution is 2.32. The van der Waals surface area contributed by atoms with Gasteiger partial charge in [-0.1, -0.05) is 13.8 Å². The van der Waals surface area contributed by atoms with Crippen molar-refractivity contribution in [1.82, 2.24) is 10.3 Å². The lowest BCUT2D eigenvalue weighted by Gasteiger charge is -2.36. The largest absolute Gasteiger partial charge is 0.489 e. The van der Waals surface area contributed by atoms with E-state index in [1.165, 1.54) is 0 Å². The summed E-state index contributed by atoms with van der Waals surface area (Å²) in [6, 6.07) is 2.16. The Kier molecular flexibility index (Phi) is 7.12. The number of hydrogen-bond acceptors (Lipinski definition) is 4. The van der Waals surface area contributed by atoms with Crippen LogP contribution >= 0.6 is 0 Å². The van der Waals surface area contributed by atoms with Crippen LogP contribution in [0, 0.1) is 0 Å². The molecule has 0 saturated carbocycles. The fourth-order valence-corrected chi connectivity index (χ4v) is 2.37. The molecule has 0 aromatic carbocycles. The molecule has 2 unspecified atom stereocenters. The van der Waals surface area contributed by atoms with Crippen LogP contribution in [0.1, 0.15) is 59.1 Å².